The van der Waals surface area contributed by atoms with Crippen LogP contribution in [0, 0.1) is 0 Å². The van der Waals surface area contributed by atoms with Crippen molar-refractivity contribution in [1.29, 1.82) is 0 Å². The number of hydrogen-bond donors (Lipinski definition) is 4. The van der Waals surface area contributed by atoms with Crippen molar-refractivity contribution in [1.82, 2.24) is 9.80 Å². The zero-order valence-electron chi connectivity index (χ0n) is 21.9. The van der Waals surface area contributed by atoms with Crippen LogP contribution in [0.4, 0.5) is 0 Å². The summed E-state index contributed by atoms with van der Waals surface area (Å²) in [5.41, 5.74) is 3.10. The Morgan fingerprint density at radius 3 is 1.74 bits per heavy atom. The largest absolute Gasteiger partial charge is 0.480 e. The van der Waals surface area contributed by atoms with Crippen LogP contribution in [0.3, 0.4) is 0 Å². The highest BCUT2D eigenvalue weighted by molar-refractivity contribution is 5.73. The molecule has 2 aromatic carbocycles. The number of ether oxygens (including phenoxy) is 2. The monoisotopic (exact) mass is 546 g/mol. The third-order valence-corrected chi connectivity index (χ3v) is 5.65. The van der Waals surface area contributed by atoms with Crippen LogP contribution in [0.25, 0.3) is 0 Å². The van der Waals surface area contributed by atoms with Gasteiger partial charge in [0.05, 0.1) is 32.8 Å². The maximum Gasteiger partial charge on any atom is 0.317 e. The summed E-state index contributed by atoms with van der Waals surface area (Å²) in [4.78, 5) is 47.3. The minimum atomic E-state index is -1.15. The predicted molar refractivity (Wildman–Crippen MR) is 138 cm³/mol. The minimum Gasteiger partial charge on any atom is -0.480 e. The molecule has 12 heteroatoms. The summed E-state index contributed by atoms with van der Waals surface area (Å²) in [7, 11) is 0. The molecule has 39 heavy (non-hydrogen) atoms. The number of carboxylic acids is 4. The van der Waals surface area contributed by atoms with Gasteiger partial charge in [-0.15, -0.1) is 0 Å². The standard InChI is InChI=1S/C27H34N2O10/c1-18(2)19-7-8-20(10-28(12-24(30)31)13-25(32)33)22(9-19)16-38-17-39-23-6-4-3-5-21(23)11-29(14-26(34)35)15-27(36)37/h3-9,18H,10-17H2,1-2H3,(H,30,31)(H,32,33)(H,34,35)(H,36,37). The molecule has 0 spiro atoms. The highest BCUT2D eigenvalue weighted by atomic mass is 16.7. The molecule has 0 bridgehead atoms. The van der Waals surface area contributed by atoms with Crippen LogP contribution in [0.5, 0.6) is 5.75 Å². The normalized spacial score (nSPS) is 11.2. The Kier molecular flexibility index (Phi) is 12.3. The second kappa shape index (κ2) is 15.4. The minimum absolute atomic E-state index is 0.0400. The third-order valence-electron chi connectivity index (χ3n) is 5.65. The molecule has 2 aromatic rings. The molecule has 0 fully saturated rings. The lowest BCUT2D eigenvalue weighted by molar-refractivity contribution is -0.144. The first kappa shape index (κ1) is 31.2. The Hall–Kier alpha value is -4.00. The number of benzene rings is 2. The topological polar surface area (TPSA) is 174 Å². The van der Waals surface area contributed by atoms with Crippen molar-refractivity contribution in [2.75, 3.05) is 33.0 Å². The van der Waals surface area contributed by atoms with Gasteiger partial charge in [0.25, 0.3) is 0 Å². The number of hydrogen-bond acceptors (Lipinski definition) is 8. The average molecular weight is 547 g/mol. The summed E-state index contributed by atoms with van der Waals surface area (Å²) in [6, 6.07) is 12.5. The van der Waals surface area contributed by atoms with E-state index in [1.807, 2.05) is 32.0 Å². The number of carboxylic acid groups (broad SMARTS) is 4. The second-order valence-corrected chi connectivity index (χ2v) is 9.27. The van der Waals surface area contributed by atoms with Gasteiger partial charge in [-0.2, -0.15) is 0 Å². The first-order valence-electron chi connectivity index (χ1n) is 12.2. The van der Waals surface area contributed by atoms with Gasteiger partial charge in [0.15, 0.2) is 6.79 Å². The van der Waals surface area contributed by atoms with Crippen LogP contribution in [0.15, 0.2) is 42.5 Å². The van der Waals surface area contributed by atoms with Gasteiger partial charge in [0, 0.05) is 18.7 Å². The van der Waals surface area contributed by atoms with Gasteiger partial charge in [0.2, 0.25) is 0 Å². The van der Waals surface area contributed by atoms with Crippen molar-refractivity contribution in [2.45, 2.75) is 39.5 Å². The van der Waals surface area contributed by atoms with Crippen LogP contribution < -0.4 is 4.74 Å². The summed E-state index contributed by atoms with van der Waals surface area (Å²) in [5.74, 6) is -3.95. The van der Waals surface area contributed by atoms with Crippen molar-refractivity contribution in [3.8, 4) is 5.75 Å². The summed E-state index contributed by atoms with van der Waals surface area (Å²) < 4.78 is 11.5. The van der Waals surface area contributed by atoms with Crippen LogP contribution in [-0.2, 0) is 43.6 Å². The number of para-hydroxylation sites is 1. The average Bonchev–Trinajstić information content (AvgIpc) is 2.81. The SMILES string of the molecule is CC(C)c1ccc(CN(CC(=O)O)CC(=O)O)c(COCOc2ccccc2CN(CC(=O)O)CC(=O)O)c1. The Bertz CT molecular complexity index is 1120. The lowest BCUT2D eigenvalue weighted by Gasteiger charge is -2.21. The van der Waals surface area contributed by atoms with E-state index < -0.39 is 50.1 Å². The summed E-state index contributed by atoms with van der Waals surface area (Å²) >= 11 is 0. The molecule has 0 aliphatic rings. The molecule has 212 valence electrons. The molecule has 0 aliphatic carbocycles. The molecule has 0 aromatic heterocycles. The van der Waals surface area contributed by atoms with Crippen molar-refractivity contribution in [3.05, 3.63) is 64.7 Å². The van der Waals surface area contributed by atoms with Crippen molar-refractivity contribution >= 4 is 23.9 Å². The molecule has 0 saturated heterocycles. The number of nitrogens with zero attached hydrogens (tertiary/aromatic N) is 2. The van der Waals surface area contributed by atoms with Gasteiger partial charge >= 0.3 is 23.9 Å². The molecule has 0 unspecified atom stereocenters. The van der Waals surface area contributed by atoms with Crippen molar-refractivity contribution in [3.63, 3.8) is 0 Å². The molecule has 0 heterocycles. The van der Waals surface area contributed by atoms with E-state index in [1.54, 1.807) is 24.3 Å². The molecule has 0 atom stereocenters. The Balaban J connectivity index is 2.12. The predicted octanol–water partition coefficient (Wildman–Crippen LogP) is 2.31. The van der Waals surface area contributed by atoms with Gasteiger partial charge in [-0.1, -0.05) is 50.2 Å². The van der Waals surface area contributed by atoms with E-state index in [0.29, 0.717) is 11.3 Å². The molecular weight excluding hydrogens is 512 g/mol. The van der Waals surface area contributed by atoms with E-state index >= 15 is 0 Å². The van der Waals surface area contributed by atoms with E-state index in [-0.39, 0.29) is 32.4 Å². The molecule has 0 aliphatic heterocycles. The van der Waals surface area contributed by atoms with E-state index in [9.17, 15) is 19.2 Å². The van der Waals surface area contributed by atoms with Gasteiger partial charge < -0.3 is 29.9 Å². The molecule has 4 N–H and O–H groups in total. The lowest BCUT2D eigenvalue weighted by Crippen LogP contribution is -2.34. The molecule has 12 nitrogen and oxygen atoms in total. The van der Waals surface area contributed by atoms with E-state index in [4.69, 9.17) is 29.9 Å². The summed E-state index contributed by atoms with van der Waals surface area (Å²) in [5, 5.41) is 36.5. The van der Waals surface area contributed by atoms with Crippen LogP contribution in [-0.4, -0.2) is 87.1 Å². The Morgan fingerprint density at radius 2 is 1.23 bits per heavy atom. The highest BCUT2D eigenvalue weighted by Crippen LogP contribution is 2.23. The van der Waals surface area contributed by atoms with E-state index in [2.05, 4.69) is 0 Å². The van der Waals surface area contributed by atoms with E-state index in [1.165, 1.54) is 9.80 Å². The summed E-state index contributed by atoms with van der Waals surface area (Å²) in [6.45, 7) is 2.36. The van der Waals surface area contributed by atoms with Crippen LogP contribution >= 0.6 is 0 Å². The quantitative estimate of drug-likeness (QED) is 0.159. The molecule has 0 amide bonds. The maximum atomic E-state index is 11.2. The summed E-state index contributed by atoms with van der Waals surface area (Å²) in [6.07, 6.45) is 0. The highest BCUT2D eigenvalue weighted by Gasteiger charge is 2.18. The Labute approximate surface area is 226 Å². The molecule has 2 rings (SSSR count). The lowest BCUT2D eigenvalue weighted by atomic mass is 9.97. The van der Waals surface area contributed by atoms with Gasteiger partial charge in [-0.3, -0.25) is 29.0 Å². The fourth-order valence-electron chi connectivity index (χ4n) is 3.91. The number of carbonyl (C=O) groups is 4. The third kappa shape index (κ3) is 11.5. The number of aliphatic carboxylic acids is 4. The van der Waals surface area contributed by atoms with Crippen LogP contribution in [0.1, 0.15) is 42.0 Å². The second-order valence-electron chi connectivity index (χ2n) is 9.27. The number of rotatable bonds is 18. The van der Waals surface area contributed by atoms with E-state index in [0.717, 1.165) is 16.7 Å². The fraction of sp³-hybridized carbons (Fsp3) is 0.407. The molecule has 0 saturated carbocycles. The Morgan fingerprint density at radius 1 is 0.718 bits per heavy atom. The first-order valence-corrected chi connectivity index (χ1v) is 12.2. The maximum absolute atomic E-state index is 11.2. The molecular formula is C27H34N2O10. The zero-order chi connectivity index (χ0) is 28.9. The van der Waals surface area contributed by atoms with Gasteiger partial charge in [-0.05, 0) is 28.7 Å². The van der Waals surface area contributed by atoms with Crippen molar-refractivity contribution < 1.29 is 49.1 Å². The fourth-order valence-corrected chi connectivity index (χ4v) is 3.91. The van der Waals surface area contributed by atoms with Crippen molar-refractivity contribution in [2.24, 2.45) is 0 Å². The first-order chi connectivity index (χ1) is 18.4. The van der Waals surface area contributed by atoms with Gasteiger partial charge in [-0.25, -0.2) is 0 Å². The zero-order valence-corrected chi connectivity index (χ0v) is 21.9. The molecule has 0 radical (unpaired) electrons. The van der Waals surface area contributed by atoms with Crippen LogP contribution in [0.2, 0.25) is 0 Å². The van der Waals surface area contributed by atoms with Gasteiger partial charge in [0.1, 0.15) is 5.75 Å². The smallest absolute Gasteiger partial charge is 0.317 e.